The van der Waals surface area contributed by atoms with E-state index in [0.717, 1.165) is 25.0 Å². The quantitative estimate of drug-likeness (QED) is 0.0945. The lowest BCUT2D eigenvalue weighted by atomic mass is 9.93. The number of benzene rings is 4. The molecule has 0 aliphatic heterocycles. The normalized spacial score (nSPS) is 12.9. The molecular weight excluding hydrogens is 576 g/mol. The fourth-order valence-corrected chi connectivity index (χ4v) is 6.70. The summed E-state index contributed by atoms with van der Waals surface area (Å²) in [5.41, 5.74) is 5.43. The van der Waals surface area contributed by atoms with E-state index in [0.29, 0.717) is 25.6 Å². The second-order valence-electron chi connectivity index (χ2n) is 8.73. The third kappa shape index (κ3) is 5.76. The molecular formula is C23H24N2O11S3. The Morgan fingerprint density at radius 3 is 1.67 bits per heavy atom. The van der Waals surface area contributed by atoms with E-state index in [1.807, 2.05) is 0 Å². The third-order valence-electron chi connectivity index (χ3n) is 6.14. The molecule has 6 N–H and O–H groups in total. The summed E-state index contributed by atoms with van der Waals surface area (Å²) in [6.07, 6.45) is 2.29. The molecule has 0 saturated carbocycles. The van der Waals surface area contributed by atoms with Crippen LogP contribution in [0.25, 0.3) is 32.3 Å². The maximum atomic E-state index is 12.3. The largest absolute Gasteiger partial charge is 0.483 e. The van der Waals surface area contributed by atoms with E-state index < -0.39 is 57.6 Å². The van der Waals surface area contributed by atoms with Crippen LogP contribution in [0.2, 0.25) is 0 Å². The van der Waals surface area contributed by atoms with Crippen LogP contribution in [0, 0.1) is 0 Å². The van der Waals surface area contributed by atoms with Crippen LogP contribution < -0.4 is 15.8 Å². The van der Waals surface area contributed by atoms with Gasteiger partial charge in [-0.1, -0.05) is 24.6 Å². The van der Waals surface area contributed by atoms with E-state index in [2.05, 4.69) is 5.32 Å². The number of ether oxygens (including phenoxy) is 1. The van der Waals surface area contributed by atoms with Crippen molar-refractivity contribution in [1.29, 1.82) is 0 Å². The third-order valence-corrected chi connectivity index (χ3v) is 8.82. The standard InChI is InChI=1S/C23H24N2O11S3/c24-8-2-1-3-9-25-21(26)12-36-17-10-18(37(27,28)29)14-6-7-16-20(39(33,34)35)11-19(38(30,31)32)15-5-4-13(17)22(14)23(15)16/h4-7,10-11H,1-3,8-9,12,24H2,(H,25,26)(H,27,28,29)(H,30,31,32)(H,33,34,35). The fraction of sp³-hybridized carbons (Fsp3) is 0.261. The van der Waals surface area contributed by atoms with Gasteiger partial charge in [0.1, 0.15) is 20.4 Å². The minimum absolute atomic E-state index is 0.0484. The smallest absolute Gasteiger partial charge is 0.295 e. The monoisotopic (exact) mass is 600 g/mol. The second kappa shape index (κ2) is 10.5. The fourth-order valence-electron chi connectivity index (χ4n) is 4.49. The van der Waals surface area contributed by atoms with Gasteiger partial charge >= 0.3 is 0 Å². The summed E-state index contributed by atoms with van der Waals surface area (Å²) in [5, 5.41) is 2.08. The highest BCUT2D eigenvalue weighted by Crippen LogP contribution is 2.45. The maximum absolute atomic E-state index is 12.3. The molecule has 210 valence electrons. The minimum Gasteiger partial charge on any atom is -0.483 e. The van der Waals surface area contributed by atoms with Crippen LogP contribution >= 0.6 is 0 Å². The molecule has 0 fully saturated rings. The van der Waals surface area contributed by atoms with Gasteiger partial charge in [0.15, 0.2) is 6.61 Å². The molecule has 0 aliphatic carbocycles. The van der Waals surface area contributed by atoms with Crippen LogP contribution in [0.4, 0.5) is 0 Å². The summed E-state index contributed by atoms with van der Waals surface area (Å²) in [6.45, 7) is 0.339. The number of carbonyl (C=O) groups excluding carboxylic acids is 1. The summed E-state index contributed by atoms with van der Waals surface area (Å²) >= 11 is 0. The van der Waals surface area contributed by atoms with Gasteiger partial charge in [0.05, 0.1) is 0 Å². The number of carbonyl (C=O) groups is 1. The zero-order valence-corrected chi connectivity index (χ0v) is 22.6. The molecule has 4 aromatic rings. The first kappa shape index (κ1) is 28.9. The van der Waals surface area contributed by atoms with Gasteiger partial charge in [-0.15, -0.1) is 0 Å². The topological polar surface area (TPSA) is 227 Å². The maximum Gasteiger partial charge on any atom is 0.295 e. The summed E-state index contributed by atoms with van der Waals surface area (Å²) in [4.78, 5) is 9.92. The van der Waals surface area contributed by atoms with Gasteiger partial charge in [-0.3, -0.25) is 18.5 Å². The molecule has 0 spiro atoms. The zero-order chi connectivity index (χ0) is 28.8. The average molecular weight is 601 g/mol. The first-order valence-corrected chi connectivity index (χ1v) is 15.8. The van der Waals surface area contributed by atoms with Gasteiger partial charge in [0, 0.05) is 44.9 Å². The van der Waals surface area contributed by atoms with Gasteiger partial charge < -0.3 is 15.8 Å². The van der Waals surface area contributed by atoms with Gasteiger partial charge in [0.25, 0.3) is 36.3 Å². The van der Waals surface area contributed by atoms with E-state index in [4.69, 9.17) is 10.5 Å². The molecule has 4 aromatic carbocycles. The molecule has 16 heteroatoms. The van der Waals surface area contributed by atoms with Crippen molar-refractivity contribution in [2.24, 2.45) is 5.73 Å². The van der Waals surface area contributed by atoms with Crippen LogP contribution in [0.3, 0.4) is 0 Å². The van der Waals surface area contributed by atoms with Crippen LogP contribution in [0.1, 0.15) is 19.3 Å². The Morgan fingerprint density at radius 1 is 0.718 bits per heavy atom. The molecule has 0 atom stereocenters. The second-order valence-corrected chi connectivity index (χ2v) is 12.9. The predicted octanol–water partition coefficient (Wildman–Crippen LogP) is 1.95. The van der Waals surface area contributed by atoms with E-state index in [-0.39, 0.29) is 38.1 Å². The molecule has 4 rings (SSSR count). The number of rotatable bonds is 11. The number of nitrogens with one attached hydrogen (secondary N) is 1. The lowest BCUT2D eigenvalue weighted by Gasteiger charge is -2.19. The Kier molecular flexibility index (Phi) is 7.74. The molecule has 0 heterocycles. The Labute approximate surface area is 223 Å². The van der Waals surface area contributed by atoms with Crippen molar-refractivity contribution in [3.63, 3.8) is 0 Å². The summed E-state index contributed by atoms with van der Waals surface area (Å²) < 4.78 is 108. The Hall–Kier alpha value is -3.12. The van der Waals surface area contributed by atoms with E-state index >= 15 is 0 Å². The number of hydrogen-bond acceptors (Lipinski definition) is 9. The molecule has 13 nitrogen and oxygen atoms in total. The molecule has 0 aromatic heterocycles. The number of nitrogens with two attached hydrogens (primary N) is 1. The van der Waals surface area contributed by atoms with Crippen molar-refractivity contribution < 1.29 is 48.4 Å². The molecule has 0 aliphatic rings. The first-order chi connectivity index (χ1) is 18.1. The van der Waals surface area contributed by atoms with Crippen molar-refractivity contribution in [2.45, 2.75) is 33.9 Å². The summed E-state index contributed by atoms with van der Waals surface area (Å²) in [7, 11) is -15.0. The van der Waals surface area contributed by atoms with Crippen LogP contribution in [-0.2, 0) is 35.1 Å². The predicted molar refractivity (Wildman–Crippen MR) is 141 cm³/mol. The summed E-state index contributed by atoms with van der Waals surface area (Å²) in [6, 6.07) is 6.45. The highest BCUT2D eigenvalue weighted by Gasteiger charge is 2.28. The van der Waals surface area contributed by atoms with Crippen molar-refractivity contribution in [3.8, 4) is 5.75 Å². The minimum atomic E-state index is -5.03. The van der Waals surface area contributed by atoms with Crippen molar-refractivity contribution in [2.75, 3.05) is 19.7 Å². The summed E-state index contributed by atoms with van der Waals surface area (Å²) in [5.74, 6) is -0.711. The van der Waals surface area contributed by atoms with Crippen LogP contribution in [0.15, 0.2) is 51.1 Å². The number of amides is 1. The lowest BCUT2D eigenvalue weighted by Crippen LogP contribution is -2.29. The SMILES string of the molecule is NCCCCCNC(=O)COc1cc(S(=O)(=O)O)c2ccc3c(S(=O)(=O)O)cc(S(=O)(=O)O)c4ccc1c2c43. The Bertz CT molecular complexity index is 1870. The highest BCUT2D eigenvalue weighted by atomic mass is 32.2. The molecule has 39 heavy (non-hydrogen) atoms. The van der Waals surface area contributed by atoms with E-state index in [1.165, 1.54) is 18.2 Å². The first-order valence-electron chi connectivity index (χ1n) is 11.4. The van der Waals surface area contributed by atoms with Gasteiger partial charge in [-0.25, -0.2) is 0 Å². The van der Waals surface area contributed by atoms with Crippen LogP contribution in [0.5, 0.6) is 5.75 Å². The van der Waals surface area contributed by atoms with Crippen molar-refractivity contribution in [1.82, 2.24) is 5.32 Å². The molecule has 0 radical (unpaired) electrons. The molecule has 1 amide bonds. The Morgan fingerprint density at radius 2 is 1.18 bits per heavy atom. The number of hydrogen-bond donors (Lipinski definition) is 5. The van der Waals surface area contributed by atoms with Crippen molar-refractivity contribution in [3.05, 3.63) is 36.4 Å². The molecule has 0 bridgehead atoms. The van der Waals surface area contributed by atoms with E-state index in [1.54, 1.807) is 0 Å². The average Bonchev–Trinajstić information content (AvgIpc) is 2.83. The lowest BCUT2D eigenvalue weighted by molar-refractivity contribution is -0.123. The van der Waals surface area contributed by atoms with Crippen molar-refractivity contribution >= 4 is 68.6 Å². The molecule has 0 saturated heterocycles. The van der Waals surface area contributed by atoms with E-state index in [9.17, 15) is 43.7 Å². The molecule has 0 unspecified atom stereocenters. The zero-order valence-electron chi connectivity index (χ0n) is 20.1. The van der Waals surface area contributed by atoms with Crippen LogP contribution in [-0.4, -0.2) is 64.5 Å². The Balaban J connectivity index is 1.96. The number of unbranched alkanes of at least 4 members (excludes halogenated alkanes) is 2. The van der Waals surface area contributed by atoms with Gasteiger partial charge in [0.2, 0.25) is 0 Å². The highest BCUT2D eigenvalue weighted by molar-refractivity contribution is 7.87. The van der Waals surface area contributed by atoms with Gasteiger partial charge in [-0.2, -0.15) is 25.3 Å². The van der Waals surface area contributed by atoms with Gasteiger partial charge in [-0.05, 0) is 31.5 Å².